The summed E-state index contributed by atoms with van der Waals surface area (Å²) in [6.45, 7) is 0.514. The molecular weight excluding hydrogens is 225 g/mol. The fourth-order valence-electron chi connectivity index (χ4n) is 1.04. The van der Waals surface area contributed by atoms with Gasteiger partial charge in [0.05, 0.1) is 0 Å². The molecule has 0 fully saturated rings. The number of ether oxygens (including phenoxy) is 1. The fourth-order valence-corrected chi connectivity index (χ4v) is 1.04. The van der Waals surface area contributed by atoms with Crippen molar-refractivity contribution in [2.24, 2.45) is 10.9 Å². The highest BCUT2D eigenvalue weighted by molar-refractivity contribution is 5.79. The van der Waals surface area contributed by atoms with Gasteiger partial charge in [-0.3, -0.25) is 0 Å². The molecular formula is C9H17F3N2O2. The predicted molar refractivity (Wildman–Crippen MR) is 53.4 cm³/mol. The fraction of sp³-hybridized carbons (Fsp3) is 0.889. The highest BCUT2D eigenvalue weighted by Crippen LogP contribution is 2.20. The maximum absolute atomic E-state index is 11.7. The molecule has 4 nitrogen and oxygen atoms in total. The lowest BCUT2D eigenvalue weighted by Gasteiger charge is -2.06. The summed E-state index contributed by atoms with van der Waals surface area (Å²) in [5.74, 6) is 0.150. The van der Waals surface area contributed by atoms with Crippen molar-refractivity contribution in [2.45, 2.75) is 38.3 Å². The molecule has 0 aliphatic carbocycles. The van der Waals surface area contributed by atoms with Crippen LogP contribution in [0.15, 0.2) is 5.16 Å². The summed E-state index contributed by atoms with van der Waals surface area (Å²) in [7, 11) is 0. The molecule has 0 saturated carbocycles. The zero-order valence-electron chi connectivity index (χ0n) is 8.96. The quantitative estimate of drug-likeness (QED) is 0.225. The van der Waals surface area contributed by atoms with Crippen molar-refractivity contribution in [3.05, 3.63) is 0 Å². The molecule has 0 heterocycles. The maximum Gasteiger partial charge on any atom is 0.389 e. The molecule has 16 heavy (non-hydrogen) atoms. The van der Waals surface area contributed by atoms with Crippen molar-refractivity contribution in [3.8, 4) is 0 Å². The van der Waals surface area contributed by atoms with Gasteiger partial charge in [0.25, 0.3) is 0 Å². The first kappa shape index (κ1) is 15.0. The minimum absolute atomic E-state index is 0.0102. The molecule has 3 N–H and O–H groups in total. The molecule has 0 aliphatic rings. The summed E-state index contributed by atoms with van der Waals surface area (Å²) in [5, 5.41) is 11.0. The van der Waals surface area contributed by atoms with Crippen LogP contribution < -0.4 is 5.73 Å². The van der Waals surface area contributed by atoms with Crippen LogP contribution in [0, 0.1) is 0 Å². The van der Waals surface area contributed by atoms with E-state index in [0.29, 0.717) is 25.9 Å². The van der Waals surface area contributed by atoms with Crippen molar-refractivity contribution < 1.29 is 23.1 Å². The van der Waals surface area contributed by atoms with Gasteiger partial charge in [-0.2, -0.15) is 13.2 Å². The van der Waals surface area contributed by atoms with Crippen molar-refractivity contribution >= 4 is 5.84 Å². The van der Waals surface area contributed by atoms with E-state index in [9.17, 15) is 13.2 Å². The first-order valence-electron chi connectivity index (χ1n) is 5.06. The minimum atomic E-state index is -4.10. The Bertz CT molecular complexity index is 207. The molecule has 0 rings (SSSR count). The van der Waals surface area contributed by atoms with Crippen LogP contribution in [-0.2, 0) is 4.74 Å². The number of hydrogen-bond donors (Lipinski definition) is 2. The SMILES string of the molecule is NC(CCCCOCCCC(F)(F)F)=NO. The number of rotatable bonds is 8. The van der Waals surface area contributed by atoms with Gasteiger partial charge < -0.3 is 15.7 Å². The third-order valence-electron chi connectivity index (χ3n) is 1.85. The number of nitrogens with zero attached hydrogens (tertiary/aromatic N) is 1. The zero-order valence-corrected chi connectivity index (χ0v) is 8.96. The predicted octanol–water partition coefficient (Wildman–Crippen LogP) is 2.26. The van der Waals surface area contributed by atoms with E-state index >= 15 is 0 Å². The van der Waals surface area contributed by atoms with E-state index in [4.69, 9.17) is 15.7 Å². The minimum Gasteiger partial charge on any atom is -0.409 e. The van der Waals surface area contributed by atoms with Crippen LogP contribution in [0.5, 0.6) is 0 Å². The Morgan fingerprint density at radius 2 is 1.81 bits per heavy atom. The summed E-state index contributed by atoms with van der Waals surface area (Å²) in [4.78, 5) is 0. The van der Waals surface area contributed by atoms with Gasteiger partial charge in [0.2, 0.25) is 0 Å². The highest BCUT2D eigenvalue weighted by atomic mass is 19.4. The van der Waals surface area contributed by atoms with Crippen LogP contribution in [0.25, 0.3) is 0 Å². The average Bonchev–Trinajstić information content (AvgIpc) is 2.20. The van der Waals surface area contributed by atoms with Crippen molar-refractivity contribution in [1.29, 1.82) is 0 Å². The van der Waals surface area contributed by atoms with Gasteiger partial charge in [0.1, 0.15) is 5.84 Å². The average molecular weight is 242 g/mol. The second-order valence-corrected chi connectivity index (χ2v) is 3.38. The molecule has 0 spiro atoms. The Labute approximate surface area is 92.3 Å². The van der Waals surface area contributed by atoms with Crippen LogP contribution in [-0.4, -0.2) is 30.4 Å². The standard InChI is InChI=1S/C9H17F3N2O2/c10-9(11,12)5-3-7-16-6-2-1-4-8(13)14-15/h15H,1-7H2,(H2,13,14). The second-order valence-electron chi connectivity index (χ2n) is 3.38. The maximum atomic E-state index is 11.7. The van der Waals surface area contributed by atoms with Crippen molar-refractivity contribution in [2.75, 3.05) is 13.2 Å². The van der Waals surface area contributed by atoms with Gasteiger partial charge in [-0.25, -0.2) is 0 Å². The number of alkyl halides is 3. The van der Waals surface area contributed by atoms with E-state index in [1.165, 1.54) is 0 Å². The largest absolute Gasteiger partial charge is 0.409 e. The number of oxime groups is 1. The van der Waals surface area contributed by atoms with Crippen molar-refractivity contribution in [3.63, 3.8) is 0 Å². The molecule has 0 bridgehead atoms. The van der Waals surface area contributed by atoms with E-state index in [2.05, 4.69) is 5.16 Å². The Kier molecular flexibility index (Phi) is 7.70. The molecule has 0 radical (unpaired) electrons. The van der Waals surface area contributed by atoms with Gasteiger partial charge in [-0.15, -0.1) is 0 Å². The summed E-state index contributed by atoms with van der Waals surface area (Å²) < 4.78 is 40.1. The number of halogens is 3. The number of amidine groups is 1. The lowest BCUT2D eigenvalue weighted by Crippen LogP contribution is -2.11. The topological polar surface area (TPSA) is 67.8 Å². The summed E-state index contributed by atoms with van der Waals surface area (Å²) in [6, 6.07) is 0. The molecule has 0 aromatic carbocycles. The van der Waals surface area contributed by atoms with E-state index in [1.54, 1.807) is 0 Å². The smallest absolute Gasteiger partial charge is 0.389 e. The summed E-state index contributed by atoms with van der Waals surface area (Å²) in [6.07, 6.45) is -3.09. The monoisotopic (exact) mass is 242 g/mol. The van der Waals surface area contributed by atoms with E-state index in [0.717, 1.165) is 0 Å². The Balaban J connectivity index is 3.16. The lowest BCUT2D eigenvalue weighted by molar-refractivity contribution is -0.137. The van der Waals surface area contributed by atoms with E-state index in [1.807, 2.05) is 0 Å². The molecule has 96 valence electrons. The van der Waals surface area contributed by atoms with Gasteiger partial charge >= 0.3 is 6.18 Å². The van der Waals surface area contributed by atoms with Gasteiger partial charge in [0.15, 0.2) is 0 Å². The van der Waals surface area contributed by atoms with Crippen LogP contribution in [0.2, 0.25) is 0 Å². The molecule has 7 heteroatoms. The Morgan fingerprint density at radius 3 is 2.38 bits per heavy atom. The lowest BCUT2D eigenvalue weighted by atomic mass is 10.2. The number of nitrogens with two attached hydrogens (primary N) is 1. The molecule has 0 amide bonds. The Morgan fingerprint density at radius 1 is 1.19 bits per heavy atom. The van der Waals surface area contributed by atoms with Crippen LogP contribution in [0.1, 0.15) is 32.1 Å². The third-order valence-corrected chi connectivity index (χ3v) is 1.85. The molecule has 0 saturated heterocycles. The summed E-state index contributed by atoms with van der Waals surface area (Å²) in [5.41, 5.74) is 5.22. The summed E-state index contributed by atoms with van der Waals surface area (Å²) >= 11 is 0. The van der Waals surface area contributed by atoms with Gasteiger partial charge in [-0.1, -0.05) is 5.16 Å². The number of hydrogen-bond acceptors (Lipinski definition) is 3. The highest BCUT2D eigenvalue weighted by Gasteiger charge is 2.25. The zero-order chi connectivity index (χ0) is 12.4. The van der Waals surface area contributed by atoms with Crippen LogP contribution in [0.4, 0.5) is 13.2 Å². The molecule has 0 atom stereocenters. The van der Waals surface area contributed by atoms with E-state index in [-0.39, 0.29) is 18.9 Å². The van der Waals surface area contributed by atoms with Crippen LogP contribution in [0.3, 0.4) is 0 Å². The molecule has 0 aromatic heterocycles. The molecule has 0 aromatic rings. The van der Waals surface area contributed by atoms with Gasteiger partial charge in [-0.05, 0) is 19.3 Å². The third kappa shape index (κ3) is 11.1. The van der Waals surface area contributed by atoms with Gasteiger partial charge in [0, 0.05) is 26.1 Å². The second kappa shape index (κ2) is 8.20. The normalized spacial score (nSPS) is 13.1. The Hall–Kier alpha value is -0.980. The number of unbranched alkanes of at least 4 members (excludes halogenated alkanes) is 1. The van der Waals surface area contributed by atoms with Crippen molar-refractivity contribution in [1.82, 2.24) is 0 Å². The first-order chi connectivity index (χ1) is 7.45. The van der Waals surface area contributed by atoms with Crippen LogP contribution >= 0.6 is 0 Å². The molecule has 0 unspecified atom stereocenters. The first-order valence-corrected chi connectivity index (χ1v) is 5.06. The van der Waals surface area contributed by atoms with E-state index < -0.39 is 12.6 Å². The molecule has 0 aliphatic heterocycles.